The summed E-state index contributed by atoms with van der Waals surface area (Å²) in [6.07, 6.45) is 13.8. The highest BCUT2D eigenvalue weighted by Gasteiger charge is 2.30. The minimum atomic E-state index is -0.664. The number of nitrogens with one attached hydrogen (secondary N) is 2. The molecule has 0 atom stereocenters. The maximum absolute atomic E-state index is 16.2. The normalized spacial score (nSPS) is 18.8. The number of carbonyl (C=O) groups excluding carboxylic acids is 1. The lowest BCUT2D eigenvalue weighted by atomic mass is 9.81. The van der Waals surface area contributed by atoms with Crippen LogP contribution in [0, 0.1) is 30.0 Å². The van der Waals surface area contributed by atoms with Crippen molar-refractivity contribution in [3.8, 4) is 23.5 Å². The van der Waals surface area contributed by atoms with Crippen LogP contribution in [-0.4, -0.2) is 87.6 Å². The van der Waals surface area contributed by atoms with Crippen molar-refractivity contribution in [3.05, 3.63) is 81.8 Å². The van der Waals surface area contributed by atoms with Crippen LogP contribution in [0.5, 0.6) is 0 Å². The van der Waals surface area contributed by atoms with Gasteiger partial charge >= 0.3 is 5.97 Å². The Balaban J connectivity index is 0.00000207. The molecule has 1 fully saturated rings. The molecule has 10 nitrogen and oxygen atoms in total. The summed E-state index contributed by atoms with van der Waals surface area (Å²) in [5, 5.41) is 16.1. The monoisotopic (exact) mass is 813 g/mol. The van der Waals surface area contributed by atoms with Crippen LogP contribution >= 0.6 is 11.6 Å². The molecule has 0 unspecified atom stereocenters. The molecule has 1 amide bonds. The van der Waals surface area contributed by atoms with Crippen molar-refractivity contribution in [2.45, 2.75) is 85.6 Å². The SMILES string of the molecule is C#CC.CC/C=C(/Nc1cccc(-c2cccc(NC(=O)CN(C)C3=C(C)CN(CCC)CC3)c2F)c1Cl)c1nc2c(n1C)CCN(CC1CCC(C(=O)O)CC1)C2. The lowest BCUT2D eigenvalue weighted by Crippen LogP contribution is -2.38. The van der Waals surface area contributed by atoms with Crippen molar-refractivity contribution in [1.82, 2.24) is 24.3 Å². The Bertz CT molecular complexity index is 2030. The number of hydrogen-bond acceptors (Lipinski definition) is 7. The van der Waals surface area contributed by atoms with Gasteiger partial charge in [0.25, 0.3) is 0 Å². The lowest BCUT2D eigenvalue weighted by Gasteiger charge is -2.33. The zero-order chi connectivity index (χ0) is 41.9. The van der Waals surface area contributed by atoms with Crippen molar-refractivity contribution in [2.24, 2.45) is 18.9 Å². The summed E-state index contributed by atoms with van der Waals surface area (Å²) < 4.78 is 18.3. The molecule has 3 aromatic rings. The molecular formula is C46H61ClFN7O3. The smallest absolute Gasteiger partial charge is 0.306 e. The van der Waals surface area contributed by atoms with E-state index < -0.39 is 11.8 Å². The van der Waals surface area contributed by atoms with Gasteiger partial charge in [-0.15, -0.1) is 12.3 Å². The fourth-order valence-electron chi connectivity index (χ4n) is 8.66. The lowest BCUT2D eigenvalue weighted by molar-refractivity contribution is -0.143. The number of carboxylic acids is 1. The van der Waals surface area contributed by atoms with Gasteiger partial charge in [-0.3, -0.25) is 19.4 Å². The number of likely N-dealkylation sites (N-methyl/N-ethyl adjacent to an activating group) is 1. The molecule has 2 aromatic carbocycles. The van der Waals surface area contributed by atoms with E-state index in [0.717, 1.165) is 108 Å². The standard InChI is InChI=1S/C43H57ClFN7O3.C3H4/c1-6-10-35(42-48-36-26-52(23-20-38(36)50(42)5)25-29-15-17-30(18-16-29)43(54)55)46-33-13-8-11-31(40(33)44)32-12-9-14-34(41(32)45)47-39(53)27-49(4)37-19-22-51(21-7-2)24-28(37)3;1-3-2/h8-14,29-30,46H,6-7,15-27H2,1-5H3,(H,47,53)(H,54,55);1H,2H3/b35-10+;. The number of aliphatic carboxylic acids is 1. The first kappa shape index (κ1) is 44.5. The average Bonchev–Trinajstić information content (AvgIpc) is 3.52. The molecule has 3 aliphatic rings. The Hall–Kier alpha value is -4.63. The van der Waals surface area contributed by atoms with E-state index in [1.807, 2.05) is 24.1 Å². The molecule has 3 heterocycles. The van der Waals surface area contributed by atoms with E-state index in [4.69, 9.17) is 16.6 Å². The number of terminal acetylenes is 1. The highest BCUT2D eigenvalue weighted by molar-refractivity contribution is 6.36. The van der Waals surface area contributed by atoms with Crippen molar-refractivity contribution < 1.29 is 19.1 Å². The number of fused-ring (bicyclic) bond motifs is 1. The zero-order valence-electron chi connectivity index (χ0n) is 35.1. The number of aromatic nitrogens is 2. The number of hydrogen-bond donors (Lipinski definition) is 3. The molecular weight excluding hydrogens is 753 g/mol. The first-order valence-electron chi connectivity index (χ1n) is 20.7. The molecule has 312 valence electrons. The van der Waals surface area contributed by atoms with Gasteiger partial charge in [-0.25, -0.2) is 9.37 Å². The second-order valence-electron chi connectivity index (χ2n) is 15.9. The van der Waals surface area contributed by atoms with Gasteiger partial charge in [0.05, 0.1) is 40.3 Å². The zero-order valence-corrected chi connectivity index (χ0v) is 35.9. The van der Waals surface area contributed by atoms with E-state index in [1.54, 1.807) is 31.2 Å². The summed E-state index contributed by atoms with van der Waals surface area (Å²) in [6.45, 7) is 13.8. The fraction of sp³-hybridized carbons (Fsp3) is 0.500. The minimum Gasteiger partial charge on any atom is -0.481 e. The summed E-state index contributed by atoms with van der Waals surface area (Å²) in [5.41, 5.74) is 7.08. The molecule has 1 saturated carbocycles. The maximum Gasteiger partial charge on any atom is 0.306 e. The highest BCUT2D eigenvalue weighted by atomic mass is 35.5. The van der Waals surface area contributed by atoms with Gasteiger partial charge in [0, 0.05) is 82.2 Å². The third-order valence-electron chi connectivity index (χ3n) is 11.5. The molecule has 12 heteroatoms. The number of carboxylic acid groups (broad SMARTS) is 1. The van der Waals surface area contributed by atoms with Gasteiger partial charge < -0.3 is 25.2 Å². The predicted octanol–water partition coefficient (Wildman–Crippen LogP) is 8.89. The minimum absolute atomic E-state index is 0.112. The molecule has 0 bridgehead atoms. The van der Waals surface area contributed by atoms with E-state index in [1.165, 1.54) is 17.0 Å². The van der Waals surface area contributed by atoms with E-state index in [-0.39, 0.29) is 24.1 Å². The quantitative estimate of drug-likeness (QED) is 0.139. The van der Waals surface area contributed by atoms with E-state index in [9.17, 15) is 14.7 Å². The Kier molecular flexibility index (Phi) is 16.0. The summed E-state index contributed by atoms with van der Waals surface area (Å²) in [6, 6.07) is 10.5. The number of benzene rings is 2. The van der Waals surface area contributed by atoms with Crippen molar-refractivity contribution >= 4 is 40.5 Å². The molecule has 0 radical (unpaired) electrons. The largest absolute Gasteiger partial charge is 0.481 e. The molecule has 0 saturated heterocycles. The summed E-state index contributed by atoms with van der Waals surface area (Å²) in [4.78, 5) is 36.6. The van der Waals surface area contributed by atoms with Crippen molar-refractivity contribution in [1.29, 1.82) is 0 Å². The molecule has 0 spiro atoms. The highest BCUT2D eigenvalue weighted by Crippen LogP contribution is 2.39. The third kappa shape index (κ3) is 10.9. The first-order valence-corrected chi connectivity index (χ1v) is 21.1. The van der Waals surface area contributed by atoms with Crippen LogP contribution in [0.1, 0.15) is 89.9 Å². The Labute approximate surface area is 349 Å². The maximum atomic E-state index is 16.2. The van der Waals surface area contributed by atoms with E-state index in [2.05, 4.69) is 71.2 Å². The topological polar surface area (TPSA) is 106 Å². The summed E-state index contributed by atoms with van der Waals surface area (Å²) in [7, 11) is 3.97. The molecule has 2 aliphatic heterocycles. The number of imidazole rings is 1. The van der Waals surface area contributed by atoms with Crippen LogP contribution in [0.3, 0.4) is 0 Å². The van der Waals surface area contributed by atoms with Gasteiger partial charge in [-0.05, 0) is 82.5 Å². The van der Waals surface area contributed by atoms with Crippen LogP contribution in [0.4, 0.5) is 15.8 Å². The number of anilines is 2. The fourth-order valence-corrected chi connectivity index (χ4v) is 8.94. The molecule has 58 heavy (non-hydrogen) atoms. The number of allylic oxidation sites excluding steroid dienone is 1. The predicted molar refractivity (Wildman–Crippen MR) is 234 cm³/mol. The summed E-state index contributed by atoms with van der Waals surface area (Å²) in [5.74, 6) is 1.89. The van der Waals surface area contributed by atoms with Crippen LogP contribution in [0.15, 0.2) is 53.7 Å². The molecule has 6 rings (SSSR count). The second-order valence-corrected chi connectivity index (χ2v) is 16.2. The first-order chi connectivity index (χ1) is 27.9. The Morgan fingerprint density at radius 2 is 1.71 bits per heavy atom. The molecule has 3 N–H and O–H groups in total. The average molecular weight is 814 g/mol. The van der Waals surface area contributed by atoms with Gasteiger partial charge in [-0.2, -0.15) is 0 Å². The van der Waals surface area contributed by atoms with Gasteiger partial charge in [0.2, 0.25) is 5.91 Å². The Morgan fingerprint density at radius 1 is 1.03 bits per heavy atom. The van der Waals surface area contributed by atoms with E-state index in [0.29, 0.717) is 27.8 Å². The van der Waals surface area contributed by atoms with Crippen LogP contribution in [0.25, 0.3) is 16.8 Å². The van der Waals surface area contributed by atoms with Crippen LogP contribution < -0.4 is 10.6 Å². The number of amides is 1. The van der Waals surface area contributed by atoms with Gasteiger partial charge in [0.1, 0.15) is 0 Å². The third-order valence-corrected chi connectivity index (χ3v) is 11.9. The Morgan fingerprint density at radius 3 is 2.36 bits per heavy atom. The molecule has 1 aliphatic carbocycles. The van der Waals surface area contributed by atoms with Crippen LogP contribution in [-0.2, 0) is 29.6 Å². The van der Waals surface area contributed by atoms with Crippen LogP contribution in [0.2, 0.25) is 5.02 Å². The number of halogens is 2. The van der Waals surface area contributed by atoms with Crippen molar-refractivity contribution in [2.75, 3.05) is 56.9 Å². The number of carbonyl (C=O) groups is 2. The second kappa shape index (κ2) is 20.9. The number of rotatable bonds is 14. The molecule has 1 aromatic heterocycles. The number of nitrogens with zero attached hydrogens (tertiary/aromatic N) is 5. The van der Waals surface area contributed by atoms with E-state index >= 15 is 4.39 Å². The van der Waals surface area contributed by atoms with Gasteiger partial charge in [0.15, 0.2) is 11.6 Å². The van der Waals surface area contributed by atoms with Gasteiger partial charge in [-0.1, -0.05) is 55.8 Å². The van der Waals surface area contributed by atoms with Crippen molar-refractivity contribution in [3.63, 3.8) is 0 Å². The summed E-state index contributed by atoms with van der Waals surface area (Å²) >= 11 is 7.06.